The van der Waals surface area contributed by atoms with E-state index in [4.69, 9.17) is 4.74 Å². The van der Waals surface area contributed by atoms with Gasteiger partial charge in [0.1, 0.15) is 0 Å². The second kappa shape index (κ2) is 11.5. The molecule has 9 heteroatoms. The number of carbonyl (C=O) groups is 1. The van der Waals surface area contributed by atoms with E-state index in [0.717, 1.165) is 33.6 Å². The third-order valence-electron chi connectivity index (χ3n) is 7.35. The highest BCUT2D eigenvalue weighted by Gasteiger charge is 2.33. The predicted octanol–water partition coefficient (Wildman–Crippen LogP) is 6.24. The van der Waals surface area contributed by atoms with Crippen molar-refractivity contribution in [1.29, 1.82) is 0 Å². The van der Waals surface area contributed by atoms with E-state index >= 15 is 0 Å². The molecule has 4 rings (SSSR count). The molecule has 0 saturated carbocycles. The molecule has 0 aliphatic carbocycles. The van der Waals surface area contributed by atoms with Crippen LogP contribution in [-0.2, 0) is 4.74 Å². The van der Waals surface area contributed by atoms with Crippen LogP contribution in [-0.4, -0.2) is 70.2 Å². The van der Waals surface area contributed by atoms with Crippen LogP contribution in [0.2, 0.25) is 0 Å². The van der Waals surface area contributed by atoms with Crippen molar-refractivity contribution in [2.24, 2.45) is 0 Å². The Hall–Kier alpha value is -2.91. The molecule has 1 aliphatic heterocycles. The third kappa shape index (κ3) is 5.59. The maximum Gasteiger partial charge on any atom is 0.338 e. The number of aromatic nitrogens is 2. The molecule has 206 valence electrons. The zero-order chi connectivity index (χ0) is 27.7. The first-order chi connectivity index (χ1) is 18.0. The number of ether oxygens (including phenoxy) is 1. The lowest BCUT2D eigenvalue weighted by Gasteiger charge is -2.39. The number of carbonyl (C=O) groups excluding carboxylic acids is 1. The van der Waals surface area contributed by atoms with Crippen molar-refractivity contribution < 1.29 is 22.7 Å². The Labute approximate surface area is 222 Å². The highest BCUT2D eigenvalue weighted by molar-refractivity contribution is 5.95. The standard InChI is InChI=1S/C29H37F3N4O2/c1-17(2)24-15-21(7-9-33-24)22-8-10-36-25(22)16-23(29(37)38-18(3)4)19(5)26(36)20(6)34-11-13-35(14-12-34)28(32)27(30)31/h7-10,15-18,20,27-28H,11-14H2,1-6H3. The fourth-order valence-electron chi connectivity index (χ4n) is 5.25. The van der Waals surface area contributed by atoms with Crippen LogP contribution in [0.5, 0.6) is 0 Å². The van der Waals surface area contributed by atoms with Gasteiger partial charge in [0, 0.05) is 61.6 Å². The topological polar surface area (TPSA) is 50.1 Å². The van der Waals surface area contributed by atoms with Crippen LogP contribution in [0.25, 0.3) is 16.6 Å². The van der Waals surface area contributed by atoms with Crippen LogP contribution < -0.4 is 0 Å². The Morgan fingerprint density at radius 2 is 1.63 bits per heavy atom. The highest BCUT2D eigenvalue weighted by Crippen LogP contribution is 2.35. The van der Waals surface area contributed by atoms with Crippen LogP contribution >= 0.6 is 0 Å². The molecule has 2 atom stereocenters. The number of esters is 1. The molecule has 2 unspecified atom stereocenters. The van der Waals surface area contributed by atoms with Crippen LogP contribution in [0, 0.1) is 6.92 Å². The number of piperazine rings is 1. The molecular weight excluding hydrogens is 493 g/mol. The van der Waals surface area contributed by atoms with Crippen LogP contribution in [0.1, 0.15) is 73.9 Å². The minimum atomic E-state index is -3.02. The lowest BCUT2D eigenvalue weighted by Crippen LogP contribution is -2.51. The number of fused-ring (bicyclic) bond motifs is 1. The minimum Gasteiger partial charge on any atom is -0.459 e. The van der Waals surface area contributed by atoms with Crippen molar-refractivity contribution in [3.8, 4) is 11.1 Å². The summed E-state index contributed by atoms with van der Waals surface area (Å²) in [5, 5.41) is 0. The molecule has 0 spiro atoms. The van der Waals surface area contributed by atoms with Gasteiger partial charge < -0.3 is 9.14 Å². The Morgan fingerprint density at radius 3 is 2.24 bits per heavy atom. The van der Waals surface area contributed by atoms with Gasteiger partial charge in [-0.05, 0) is 69.0 Å². The van der Waals surface area contributed by atoms with Gasteiger partial charge in [-0.1, -0.05) is 13.8 Å². The van der Waals surface area contributed by atoms with E-state index in [0.29, 0.717) is 18.7 Å². The summed E-state index contributed by atoms with van der Waals surface area (Å²) in [4.78, 5) is 21.0. The van der Waals surface area contributed by atoms with Gasteiger partial charge in [-0.25, -0.2) is 18.0 Å². The number of pyridine rings is 2. The van der Waals surface area contributed by atoms with E-state index in [1.54, 1.807) is 6.20 Å². The van der Waals surface area contributed by atoms with Crippen LogP contribution in [0.4, 0.5) is 13.2 Å². The van der Waals surface area contributed by atoms with E-state index in [1.807, 2.05) is 52.1 Å². The quantitative estimate of drug-likeness (QED) is 0.255. The van der Waals surface area contributed by atoms with Gasteiger partial charge >= 0.3 is 5.97 Å². The van der Waals surface area contributed by atoms with E-state index in [2.05, 4.69) is 34.2 Å². The first-order valence-electron chi connectivity index (χ1n) is 13.2. The summed E-state index contributed by atoms with van der Waals surface area (Å²) in [5.41, 5.74) is 6.04. The minimum absolute atomic E-state index is 0.153. The van der Waals surface area contributed by atoms with Gasteiger partial charge in [0.15, 0.2) is 0 Å². The summed E-state index contributed by atoms with van der Waals surface area (Å²) in [5.74, 6) is -0.119. The van der Waals surface area contributed by atoms with Crippen molar-refractivity contribution >= 4 is 11.5 Å². The van der Waals surface area contributed by atoms with E-state index in [1.165, 1.54) is 4.90 Å². The molecule has 0 amide bonds. The zero-order valence-electron chi connectivity index (χ0n) is 22.9. The lowest BCUT2D eigenvalue weighted by atomic mass is 9.98. The number of hydrogen-bond donors (Lipinski definition) is 0. The maximum atomic E-state index is 13.9. The second-order valence-corrected chi connectivity index (χ2v) is 10.6. The summed E-state index contributed by atoms with van der Waals surface area (Å²) >= 11 is 0. The molecule has 3 aromatic rings. The lowest BCUT2D eigenvalue weighted by molar-refractivity contribution is -0.0688. The van der Waals surface area contributed by atoms with Crippen LogP contribution in [0.15, 0.2) is 36.7 Å². The number of alkyl halides is 3. The smallest absolute Gasteiger partial charge is 0.338 e. The SMILES string of the molecule is Cc1c(C(=O)OC(C)C)cc2c(-c3ccnc(C(C)C)c3)ccn2c1C(C)N1CCN(C(F)C(F)F)CC1. The predicted molar refractivity (Wildman–Crippen MR) is 142 cm³/mol. The molecule has 4 heterocycles. The van der Waals surface area contributed by atoms with E-state index < -0.39 is 12.7 Å². The second-order valence-electron chi connectivity index (χ2n) is 10.6. The molecule has 1 saturated heterocycles. The molecule has 6 nitrogen and oxygen atoms in total. The van der Waals surface area contributed by atoms with Crippen molar-refractivity contribution in [2.45, 2.75) is 72.3 Å². The van der Waals surface area contributed by atoms with Gasteiger partial charge in [-0.15, -0.1) is 0 Å². The van der Waals surface area contributed by atoms with Gasteiger partial charge in [-0.3, -0.25) is 14.8 Å². The molecule has 1 fully saturated rings. The van der Waals surface area contributed by atoms with Crippen molar-refractivity contribution in [1.82, 2.24) is 19.2 Å². The van der Waals surface area contributed by atoms with Crippen molar-refractivity contribution in [3.63, 3.8) is 0 Å². The zero-order valence-corrected chi connectivity index (χ0v) is 22.9. The fourth-order valence-corrected chi connectivity index (χ4v) is 5.25. The number of rotatable bonds is 8. The van der Waals surface area contributed by atoms with Gasteiger partial charge in [0.2, 0.25) is 6.30 Å². The first kappa shape index (κ1) is 28.1. The van der Waals surface area contributed by atoms with Gasteiger partial charge in [-0.2, -0.15) is 0 Å². The monoisotopic (exact) mass is 530 g/mol. The number of nitrogens with zero attached hydrogens (tertiary/aromatic N) is 4. The van der Waals surface area contributed by atoms with Crippen molar-refractivity contribution in [3.05, 3.63) is 59.2 Å². The van der Waals surface area contributed by atoms with Crippen LogP contribution in [0.3, 0.4) is 0 Å². The maximum absolute atomic E-state index is 13.9. The third-order valence-corrected chi connectivity index (χ3v) is 7.35. The average molecular weight is 531 g/mol. The fraction of sp³-hybridized carbons (Fsp3) is 0.517. The average Bonchev–Trinajstić information content (AvgIpc) is 3.30. The largest absolute Gasteiger partial charge is 0.459 e. The summed E-state index contributed by atoms with van der Waals surface area (Å²) in [6.45, 7) is 13.1. The molecule has 0 radical (unpaired) electrons. The molecule has 0 aromatic carbocycles. The molecular formula is C29H37F3N4O2. The number of halogens is 3. The Morgan fingerprint density at radius 1 is 0.974 bits per heavy atom. The summed E-state index contributed by atoms with van der Waals surface area (Å²) in [7, 11) is 0. The summed E-state index contributed by atoms with van der Waals surface area (Å²) < 4.78 is 47.4. The summed E-state index contributed by atoms with van der Waals surface area (Å²) in [6, 6.07) is 7.81. The van der Waals surface area contributed by atoms with Gasteiger partial charge in [0.05, 0.1) is 17.2 Å². The number of hydrogen-bond acceptors (Lipinski definition) is 5. The Balaban J connectivity index is 1.78. The first-order valence-corrected chi connectivity index (χ1v) is 13.2. The van der Waals surface area contributed by atoms with Gasteiger partial charge in [0.25, 0.3) is 6.43 Å². The Kier molecular flexibility index (Phi) is 8.47. The molecule has 3 aromatic heterocycles. The summed E-state index contributed by atoms with van der Waals surface area (Å²) in [6.07, 6.45) is -1.74. The molecule has 0 bridgehead atoms. The van der Waals surface area contributed by atoms with Crippen molar-refractivity contribution in [2.75, 3.05) is 26.2 Å². The highest BCUT2D eigenvalue weighted by atomic mass is 19.3. The van der Waals surface area contributed by atoms with E-state index in [-0.39, 0.29) is 37.1 Å². The van der Waals surface area contributed by atoms with E-state index in [9.17, 15) is 18.0 Å². The Bertz CT molecular complexity index is 1280. The molecule has 1 aliphatic rings. The molecule has 38 heavy (non-hydrogen) atoms. The molecule has 0 N–H and O–H groups in total. The normalized spacial score (nSPS) is 17.1.